The first-order chi connectivity index (χ1) is 11.5. The number of aromatic nitrogens is 3. The second-order valence-electron chi connectivity index (χ2n) is 5.70. The van der Waals surface area contributed by atoms with Gasteiger partial charge in [-0.1, -0.05) is 6.07 Å². The highest BCUT2D eigenvalue weighted by Gasteiger charge is 2.42. The molecule has 1 amide bonds. The molecule has 2 N–H and O–H groups in total. The van der Waals surface area contributed by atoms with Gasteiger partial charge in [0.15, 0.2) is 5.82 Å². The first-order valence-corrected chi connectivity index (χ1v) is 7.63. The number of pyridine rings is 1. The standard InChI is InChI=1S/C16H18N4O4/c1-11-12(10-18-20(11)13-4-2-3-7-17-13)14(21)19-16(15(22)23)5-8-24-9-6-16/h2-4,7,10H,5-6,8-9H2,1H3,(H,19,21)(H,22,23). The summed E-state index contributed by atoms with van der Waals surface area (Å²) in [5, 5.41) is 16.4. The lowest BCUT2D eigenvalue weighted by atomic mass is 9.89. The van der Waals surface area contributed by atoms with Crippen LogP contribution in [0.4, 0.5) is 0 Å². The van der Waals surface area contributed by atoms with Crippen molar-refractivity contribution < 1.29 is 19.4 Å². The molecule has 0 spiro atoms. The number of carbonyl (C=O) groups is 2. The summed E-state index contributed by atoms with van der Waals surface area (Å²) < 4.78 is 6.76. The number of carboxylic acid groups (broad SMARTS) is 1. The van der Waals surface area contributed by atoms with Gasteiger partial charge < -0.3 is 15.2 Å². The van der Waals surface area contributed by atoms with E-state index in [1.54, 1.807) is 29.9 Å². The molecular formula is C16H18N4O4. The number of ether oxygens (including phenoxy) is 1. The third kappa shape index (κ3) is 2.88. The zero-order valence-corrected chi connectivity index (χ0v) is 13.2. The lowest BCUT2D eigenvalue weighted by molar-refractivity contribution is -0.148. The normalized spacial score (nSPS) is 16.5. The summed E-state index contributed by atoms with van der Waals surface area (Å²) in [5.74, 6) is -0.916. The average Bonchev–Trinajstić information content (AvgIpc) is 2.98. The Morgan fingerprint density at radius 1 is 1.33 bits per heavy atom. The maximum Gasteiger partial charge on any atom is 0.329 e. The van der Waals surface area contributed by atoms with Crippen LogP contribution in [0.1, 0.15) is 28.9 Å². The molecule has 1 aliphatic heterocycles. The molecule has 8 heteroatoms. The van der Waals surface area contributed by atoms with Crippen LogP contribution in [0, 0.1) is 6.92 Å². The Morgan fingerprint density at radius 2 is 2.08 bits per heavy atom. The van der Waals surface area contributed by atoms with E-state index in [4.69, 9.17) is 4.74 Å². The van der Waals surface area contributed by atoms with E-state index in [0.717, 1.165) is 0 Å². The fraction of sp³-hybridized carbons (Fsp3) is 0.375. The maximum atomic E-state index is 12.6. The summed E-state index contributed by atoms with van der Waals surface area (Å²) in [4.78, 5) is 28.5. The number of aliphatic carboxylic acids is 1. The Labute approximate surface area is 138 Å². The number of hydrogen-bond acceptors (Lipinski definition) is 5. The van der Waals surface area contributed by atoms with Crippen molar-refractivity contribution in [1.29, 1.82) is 0 Å². The van der Waals surface area contributed by atoms with Crippen LogP contribution < -0.4 is 5.32 Å². The second kappa shape index (κ2) is 6.40. The minimum Gasteiger partial charge on any atom is -0.480 e. The average molecular weight is 330 g/mol. The predicted octanol–water partition coefficient (Wildman–Crippen LogP) is 0.939. The van der Waals surface area contributed by atoms with Crippen LogP contribution in [-0.2, 0) is 9.53 Å². The van der Waals surface area contributed by atoms with Crippen molar-refractivity contribution in [3.8, 4) is 5.82 Å². The lowest BCUT2D eigenvalue weighted by Gasteiger charge is -2.33. The zero-order chi connectivity index (χ0) is 17.2. The van der Waals surface area contributed by atoms with Gasteiger partial charge in [-0.15, -0.1) is 0 Å². The monoisotopic (exact) mass is 330 g/mol. The number of nitrogens with zero attached hydrogens (tertiary/aromatic N) is 3. The Hall–Kier alpha value is -2.74. The summed E-state index contributed by atoms with van der Waals surface area (Å²) in [6, 6.07) is 5.39. The number of hydrogen-bond donors (Lipinski definition) is 2. The smallest absolute Gasteiger partial charge is 0.329 e. The third-order valence-electron chi connectivity index (χ3n) is 4.23. The molecule has 1 aliphatic rings. The molecule has 0 bridgehead atoms. The fourth-order valence-electron chi connectivity index (χ4n) is 2.74. The molecule has 0 aromatic carbocycles. The largest absolute Gasteiger partial charge is 0.480 e. The number of carbonyl (C=O) groups excluding carboxylic acids is 1. The summed E-state index contributed by atoms with van der Waals surface area (Å²) in [7, 11) is 0. The van der Waals surface area contributed by atoms with E-state index in [2.05, 4.69) is 15.4 Å². The van der Waals surface area contributed by atoms with Crippen molar-refractivity contribution in [2.24, 2.45) is 0 Å². The number of nitrogens with one attached hydrogen (secondary N) is 1. The first kappa shape index (κ1) is 16.1. The number of amides is 1. The molecule has 2 aromatic rings. The van der Waals surface area contributed by atoms with Crippen LogP contribution in [0.25, 0.3) is 5.82 Å². The van der Waals surface area contributed by atoms with Gasteiger partial charge in [-0.3, -0.25) is 4.79 Å². The molecule has 3 rings (SSSR count). The molecule has 8 nitrogen and oxygen atoms in total. The molecule has 24 heavy (non-hydrogen) atoms. The van der Waals surface area contributed by atoms with E-state index >= 15 is 0 Å². The van der Waals surface area contributed by atoms with Gasteiger partial charge in [0.1, 0.15) is 5.54 Å². The summed E-state index contributed by atoms with van der Waals surface area (Å²) >= 11 is 0. The summed E-state index contributed by atoms with van der Waals surface area (Å²) in [6.45, 7) is 2.35. The minimum absolute atomic E-state index is 0.238. The van der Waals surface area contributed by atoms with Gasteiger partial charge in [-0.05, 0) is 19.1 Å². The molecule has 1 fully saturated rings. The number of rotatable bonds is 4. The van der Waals surface area contributed by atoms with Crippen molar-refractivity contribution in [3.63, 3.8) is 0 Å². The van der Waals surface area contributed by atoms with Crippen LogP contribution in [0.15, 0.2) is 30.6 Å². The molecule has 0 atom stereocenters. The molecular weight excluding hydrogens is 312 g/mol. The Bertz CT molecular complexity index is 751. The van der Waals surface area contributed by atoms with Crippen LogP contribution in [0.2, 0.25) is 0 Å². The fourth-order valence-corrected chi connectivity index (χ4v) is 2.74. The highest BCUT2D eigenvalue weighted by molar-refractivity contribution is 5.98. The molecule has 2 aromatic heterocycles. The summed E-state index contributed by atoms with van der Waals surface area (Å²) in [5.41, 5.74) is -0.374. The quantitative estimate of drug-likeness (QED) is 0.864. The van der Waals surface area contributed by atoms with E-state index in [1.165, 1.54) is 6.20 Å². The summed E-state index contributed by atoms with van der Waals surface area (Å²) in [6.07, 6.45) is 3.54. The first-order valence-electron chi connectivity index (χ1n) is 7.63. The van der Waals surface area contributed by atoms with Crippen molar-refractivity contribution in [2.45, 2.75) is 25.3 Å². The topological polar surface area (TPSA) is 106 Å². The minimum atomic E-state index is -1.30. The SMILES string of the molecule is Cc1c(C(=O)NC2(C(=O)O)CCOCC2)cnn1-c1ccccn1. The Morgan fingerprint density at radius 3 is 2.71 bits per heavy atom. The molecule has 0 radical (unpaired) electrons. The molecule has 1 saturated heterocycles. The van der Waals surface area contributed by atoms with Gasteiger partial charge in [0.25, 0.3) is 5.91 Å². The molecule has 126 valence electrons. The van der Waals surface area contributed by atoms with Gasteiger partial charge in [0.05, 0.1) is 17.5 Å². The second-order valence-corrected chi connectivity index (χ2v) is 5.70. The van der Waals surface area contributed by atoms with E-state index in [0.29, 0.717) is 30.3 Å². The van der Waals surface area contributed by atoms with E-state index < -0.39 is 17.4 Å². The molecule has 3 heterocycles. The highest BCUT2D eigenvalue weighted by atomic mass is 16.5. The maximum absolute atomic E-state index is 12.6. The molecule has 0 saturated carbocycles. The Balaban J connectivity index is 1.85. The van der Waals surface area contributed by atoms with Crippen LogP contribution in [0.5, 0.6) is 0 Å². The zero-order valence-electron chi connectivity index (χ0n) is 13.2. The number of carboxylic acids is 1. The van der Waals surface area contributed by atoms with Crippen LogP contribution in [0.3, 0.4) is 0 Å². The van der Waals surface area contributed by atoms with Crippen molar-refractivity contribution in [2.75, 3.05) is 13.2 Å². The van der Waals surface area contributed by atoms with Crippen molar-refractivity contribution in [3.05, 3.63) is 41.9 Å². The van der Waals surface area contributed by atoms with Crippen LogP contribution >= 0.6 is 0 Å². The van der Waals surface area contributed by atoms with Gasteiger partial charge >= 0.3 is 5.97 Å². The molecule has 0 aliphatic carbocycles. The van der Waals surface area contributed by atoms with Crippen LogP contribution in [-0.4, -0.2) is 50.5 Å². The van der Waals surface area contributed by atoms with Gasteiger partial charge in [0, 0.05) is 32.3 Å². The lowest BCUT2D eigenvalue weighted by Crippen LogP contribution is -2.57. The van der Waals surface area contributed by atoms with Crippen molar-refractivity contribution >= 4 is 11.9 Å². The van der Waals surface area contributed by atoms with E-state index in [-0.39, 0.29) is 12.8 Å². The van der Waals surface area contributed by atoms with Gasteiger partial charge in [-0.25, -0.2) is 14.5 Å². The Kier molecular flexibility index (Phi) is 4.30. The molecule has 0 unspecified atom stereocenters. The van der Waals surface area contributed by atoms with Gasteiger partial charge in [0.2, 0.25) is 0 Å². The van der Waals surface area contributed by atoms with E-state index in [9.17, 15) is 14.7 Å². The van der Waals surface area contributed by atoms with Gasteiger partial charge in [-0.2, -0.15) is 5.10 Å². The highest BCUT2D eigenvalue weighted by Crippen LogP contribution is 2.22. The third-order valence-corrected chi connectivity index (χ3v) is 4.23. The van der Waals surface area contributed by atoms with Crippen molar-refractivity contribution in [1.82, 2.24) is 20.1 Å². The van der Waals surface area contributed by atoms with E-state index in [1.807, 2.05) is 6.07 Å². The predicted molar refractivity (Wildman–Crippen MR) is 84.0 cm³/mol.